The van der Waals surface area contributed by atoms with E-state index in [4.69, 9.17) is 0 Å². The molecule has 2 heteroatoms. The number of rotatable bonds is 19. The number of allylic oxidation sites excluding steroid dienone is 2. The van der Waals surface area contributed by atoms with Gasteiger partial charge in [0.25, 0.3) is 0 Å². The van der Waals surface area contributed by atoms with Crippen molar-refractivity contribution in [1.82, 2.24) is 0 Å². The molecule has 0 saturated carbocycles. The van der Waals surface area contributed by atoms with E-state index in [0.717, 1.165) is 25.7 Å². The van der Waals surface area contributed by atoms with Gasteiger partial charge in [-0.3, -0.25) is 8.78 Å². The first kappa shape index (κ1) is 22.6. The zero-order chi connectivity index (χ0) is 16.8. The Balaban J connectivity index is 3.03. The number of hydrogen-bond donors (Lipinski definition) is 0. The Hall–Kier alpha value is -0.400. The third-order valence-corrected chi connectivity index (χ3v) is 4.43. The average molecular weight is 331 g/mol. The highest BCUT2D eigenvalue weighted by molar-refractivity contribution is 4.81. The van der Waals surface area contributed by atoms with Gasteiger partial charge >= 0.3 is 0 Å². The van der Waals surface area contributed by atoms with E-state index in [-0.39, 0.29) is 13.3 Å². The Morgan fingerprint density at radius 3 is 0.913 bits per heavy atom. The molecule has 0 fully saturated rings. The van der Waals surface area contributed by atoms with E-state index in [1.54, 1.807) is 0 Å². The Morgan fingerprint density at radius 1 is 0.348 bits per heavy atom. The zero-order valence-corrected chi connectivity index (χ0v) is 15.3. The number of halogens is 2. The first-order chi connectivity index (χ1) is 11.4. The molecule has 0 saturated heterocycles. The highest BCUT2D eigenvalue weighted by Gasteiger charge is 1.92. The molecule has 0 aromatic carbocycles. The molecule has 23 heavy (non-hydrogen) atoms. The van der Waals surface area contributed by atoms with Crippen LogP contribution in [0.4, 0.5) is 8.78 Å². The molecule has 0 aromatic heterocycles. The Labute approximate surface area is 144 Å². The molecule has 138 valence electrons. The molecule has 0 N–H and O–H groups in total. The normalized spacial score (nSPS) is 11.6. The van der Waals surface area contributed by atoms with Crippen molar-refractivity contribution in [2.75, 3.05) is 13.3 Å². The van der Waals surface area contributed by atoms with Crippen LogP contribution in [0, 0.1) is 0 Å². The van der Waals surface area contributed by atoms with E-state index >= 15 is 0 Å². The molecule has 0 aromatic rings. The molecule has 0 aliphatic rings. The molecule has 0 bridgehead atoms. The molecular weight excluding hydrogens is 290 g/mol. The van der Waals surface area contributed by atoms with Gasteiger partial charge in [0.2, 0.25) is 0 Å². The third kappa shape index (κ3) is 21.6. The van der Waals surface area contributed by atoms with Gasteiger partial charge < -0.3 is 0 Å². The molecule has 0 radical (unpaired) electrons. The fraction of sp³-hybridized carbons (Fsp3) is 0.905. The molecule has 0 amide bonds. The third-order valence-electron chi connectivity index (χ3n) is 4.43. The molecule has 0 atom stereocenters. The van der Waals surface area contributed by atoms with Gasteiger partial charge in [0.05, 0.1) is 13.3 Å². The van der Waals surface area contributed by atoms with Crippen LogP contribution in [0.2, 0.25) is 0 Å². The largest absolute Gasteiger partial charge is 0.251 e. The van der Waals surface area contributed by atoms with E-state index in [1.807, 2.05) is 0 Å². The van der Waals surface area contributed by atoms with Gasteiger partial charge in [-0.2, -0.15) is 0 Å². The maximum Gasteiger partial charge on any atom is 0.0894 e. The van der Waals surface area contributed by atoms with Crippen LogP contribution >= 0.6 is 0 Å². The number of unbranched alkanes of at least 4 members (excludes halogenated alkanes) is 15. The van der Waals surface area contributed by atoms with Crippen LogP contribution in [0.1, 0.15) is 109 Å². The summed E-state index contributed by atoms with van der Waals surface area (Å²) in [5, 5.41) is 0. The summed E-state index contributed by atoms with van der Waals surface area (Å²) in [5.74, 6) is 0. The molecule has 0 nitrogen and oxygen atoms in total. The monoisotopic (exact) mass is 330 g/mol. The van der Waals surface area contributed by atoms with E-state index in [0.29, 0.717) is 0 Å². The van der Waals surface area contributed by atoms with Crippen LogP contribution in [-0.4, -0.2) is 13.3 Å². The lowest BCUT2D eigenvalue weighted by Gasteiger charge is -2.00. The summed E-state index contributed by atoms with van der Waals surface area (Å²) in [6.45, 7) is -0.294. The summed E-state index contributed by atoms with van der Waals surface area (Å²) in [4.78, 5) is 0. The van der Waals surface area contributed by atoms with Crippen molar-refractivity contribution in [3.63, 3.8) is 0 Å². The van der Waals surface area contributed by atoms with Crippen molar-refractivity contribution in [2.24, 2.45) is 0 Å². The lowest BCUT2D eigenvalue weighted by molar-refractivity contribution is 0.449. The van der Waals surface area contributed by atoms with Crippen molar-refractivity contribution in [3.8, 4) is 0 Å². The number of hydrogen-bond acceptors (Lipinski definition) is 0. The smallest absolute Gasteiger partial charge is 0.0894 e. The fourth-order valence-electron chi connectivity index (χ4n) is 2.89. The summed E-state index contributed by atoms with van der Waals surface area (Å²) in [7, 11) is 0. The lowest BCUT2D eigenvalue weighted by Crippen LogP contribution is -1.82. The van der Waals surface area contributed by atoms with E-state index in [2.05, 4.69) is 12.2 Å². The van der Waals surface area contributed by atoms with Crippen molar-refractivity contribution in [1.29, 1.82) is 0 Å². The minimum absolute atomic E-state index is 0.146. The van der Waals surface area contributed by atoms with Crippen molar-refractivity contribution >= 4 is 0 Å². The predicted octanol–water partition coefficient (Wildman–Crippen LogP) is 8.11. The van der Waals surface area contributed by atoms with E-state index in [9.17, 15) is 8.78 Å². The molecular formula is C21H40F2. The zero-order valence-electron chi connectivity index (χ0n) is 15.3. The highest BCUT2D eigenvalue weighted by atomic mass is 19.1. The van der Waals surface area contributed by atoms with Crippen molar-refractivity contribution in [2.45, 2.75) is 109 Å². The van der Waals surface area contributed by atoms with Crippen LogP contribution in [0.15, 0.2) is 12.2 Å². The summed E-state index contributed by atoms with van der Waals surface area (Å²) in [6.07, 6.45) is 25.0. The van der Waals surface area contributed by atoms with Crippen molar-refractivity contribution < 1.29 is 8.78 Å². The van der Waals surface area contributed by atoms with Gasteiger partial charge in [0.15, 0.2) is 0 Å². The Kier molecular flexibility index (Phi) is 21.2. The van der Waals surface area contributed by atoms with Gasteiger partial charge in [-0.15, -0.1) is 0 Å². The van der Waals surface area contributed by atoms with Crippen LogP contribution in [0.3, 0.4) is 0 Å². The Bertz CT molecular complexity index is 226. The summed E-state index contributed by atoms with van der Waals surface area (Å²) < 4.78 is 23.8. The van der Waals surface area contributed by atoms with E-state index in [1.165, 1.54) is 83.5 Å². The van der Waals surface area contributed by atoms with Gasteiger partial charge in [0, 0.05) is 0 Å². The Morgan fingerprint density at radius 2 is 0.609 bits per heavy atom. The minimum Gasteiger partial charge on any atom is -0.251 e. The topological polar surface area (TPSA) is 0 Å². The first-order valence-corrected chi connectivity index (χ1v) is 10.2. The standard InChI is InChI=1S/C21H40F2/c22-20-18-16-14-12-10-8-6-4-2-1-3-5-7-9-11-13-15-17-19-21-23/h1-2H,3-21H2. The van der Waals surface area contributed by atoms with Gasteiger partial charge in [-0.1, -0.05) is 82.8 Å². The average Bonchev–Trinajstić information content (AvgIpc) is 2.57. The maximum absolute atomic E-state index is 11.9. The lowest BCUT2D eigenvalue weighted by atomic mass is 10.1. The van der Waals surface area contributed by atoms with Crippen LogP contribution in [-0.2, 0) is 0 Å². The second-order valence-electron chi connectivity index (χ2n) is 6.73. The van der Waals surface area contributed by atoms with Crippen molar-refractivity contribution in [3.05, 3.63) is 12.2 Å². The minimum atomic E-state index is -0.148. The maximum atomic E-state index is 11.9. The van der Waals surface area contributed by atoms with Gasteiger partial charge in [-0.05, 0) is 38.5 Å². The second-order valence-corrected chi connectivity index (χ2v) is 6.73. The number of alkyl halides is 2. The SMILES string of the molecule is FCCCCCCCCCC=CCCCCCCCCCCF. The predicted molar refractivity (Wildman–Crippen MR) is 99.6 cm³/mol. The van der Waals surface area contributed by atoms with Crippen LogP contribution < -0.4 is 0 Å². The second kappa shape index (κ2) is 21.6. The van der Waals surface area contributed by atoms with Gasteiger partial charge in [0.1, 0.15) is 0 Å². The van der Waals surface area contributed by atoms with Crippen LogP contribution in [0.5, 0.6) is 0 Å². The molecule has 0 spiro atoms. The molecule has 0 unspecified atom stereocenters. The molecule has 0 rings (SSSR count). The summed E-state index contributed by atoms with van der Waals surface area (Å²) in [6, 6.07) is 0. The molecule has 0 heterocycles. The summed E-state index contributed by atoms with van der Waals surface area (Å²) >= 11 is 0. The first-order valence-electron chi connectivity index (χ1n) is 10.2. The van der Waals surface area contributed by atoms with E-state index < -0.39 is 0 Å². The fourth-order valence-corrected chi connectivity index (χ4v) is 2.89. The highest BCUT2D eigenvalue weighted by Crippen LogP contribution is 2.11. The van der Waals surface area contributed by atoms with Gasteiger partial charge in [-0.25, -0.2) is 0 Å². The molecule has 0 aliphatic heterocycles. The van der Waals surface area contributed by atoms with Crippen LogP contribution in [0.25, 0.3) is 0 Å². The molecule has 0 aliphatic carbocycles. The quantitative estimate of drug-likeness (QED) is 0.166. The summed E-state index contributed by atoms with van der Waals surface area (Å²) in [5.41, 5.74) is 0.